The van der Waals surface area contributed by atoms with Gasteiger partial charge in [-0.15, -0.1) is 0 Å². The van der Waals surface area contributed by atoms with E-state index in [1.54, 1.807) is 0 Å². The van der Waals surface area contributed by atoms with Crippen LogP contribution in [0.25, 0.3) is 0 Å². The van der Waals surface area contributed by atoms with Gasteiger partial charge in [-0.3, -0.25) is 9.59 Å². The van der Waals surface area contributed by atoms with E-state index < -0.39 is 0 Å². The lowest BCUT2D eigenvalue weighted by molar-refractivity contribution is -0.139. The summed E-state index contributed by atoms with van der Waals surface area (Å²) in [6.45, 7) is 4.61. The zero-order chi connectivity index (χ0) is 15.2. The summed E-state index contributed by atoms with van der Waals surface area (Å²) in [5.41, 5.74) is 1.02. The molecule has 0 saturated carbocycles. The van der Waals surface area contributed by atoms with Crippen molar-refractivity contribution in [3.8, 4) is 0 Å². The third-order valence-corrected chi connectivity index (χ3v) is 4.25. The zero-order valence-electron chi connectivity index (χ0n) is 12.3. The highest BCUT2D eigenvalue weighted by molar-refractivity contribution is 9.10. The Kier molecular flexibility index (Phi) is 5.79. The van der Waals surface area contributed by atoms with Gasteiger partial charge in [0.05, 0.1) is 6.42 Å². The Morgan fingerprint density at radius 3 is 2.05 bits per heavy atom. The predicted molar refractivity (Wildman–Crippen MR) is 85.9 cm³/mol. The van der Waals surface area contributed by atoms with E-state index in [0.717, 1.165) is 16.5 Å². The molecule has 1 aromatic rings. The van der Waals surface area contributed by atoms with E-state index in [4.69, 9.17) is 0 Å². The van der Waals surface area contributed by atoms with E-state index in [9.17, 15) is 9.59 Å². The number of halogens is 1. The smallest absolute Gasteiger partial charge is 0.227 e. The highest BCUT2D eigenvalue weighted by Crippen LogP contribution is 2.12. The molecule has 1 heterocycles. The van der Waals surface area contributed by atoms with Crippen LogP contribution in [0.4, 0.5) is 0 Å². The van der Waals surface area contributed by atoms with Crippen molar-refractivity contribution < 1.29 is 9.59 Å². The quantitative estimate of drug-likeness (QED) is 0.834. The van der Waals surface area contributed by atoms with Crippen molar-refractivity contribution in [2.24, 2.45) is 0 Å². The molecule has 0 spiro atoms. The summed E-state index contributed by atoms with van der Waals surface area (Å²) in [6, 6.07) is 7.82. The van der Waals surface area contributed by atoms with E-state index in [2.05, 4.69) is 15.9 Å². The van der Waals surface area contributed by atoms with Crippen LogP contribution in [0.1, 0.15) is 25.3 Å². The van der Waals surface area contributed by atoms with Crippen LogP contribution in [-0.2, 0) is 16.0 Å². The summed E-state index contributed by atoms with van der Waals surface area (Å²) in [5.74, 6) is 0.345. The second-order valence-corrected chi connectivity index (χ2v) is 6.23. The first-order valence-corrected chi connectivity index (χ1v) is 8.19. The molecular weight excluding hydrogens is 332 g/mol. The molecule has 1 fully saturated rings. The Morgan fingerprint density at radius 2 is 1.52 bits per heavy atom. The van der Waals surface area contributed by atoms with E-state index in [1.165, 1.54) is 0 Å². The molecule has 0 aromatic heterocycles. The van der Waals surface area contributed by atoms with Crippen LogP contribution in [-0.4, -0.2) is 47.8 Å². The number of nitrogens with zero attached hydrogens (tertiary/aromatic N) is 2. The van der Waals surface area contributed by atoms with E-state index >= 15 is 0 Å². The fourth-order valence-corrected chi connectivity index (χ4v) is 2.73. The highest BCUT2D eigenvalue weighted by Gasteiger charge is 2.23. The molecule has 0 N–H and O–H groups in total. The van der Waals surface area contributed by atoms with Gasteiger partial charge >= 0.3 is 0 Å². The van der Waals surface area contributed by atoms with E-state index in [1.807, 2.05) is 41.0 Å². The molecule has 0 radical (unpaired) electrons. The maximum atomic E-state index is 12.3. The number of carbonyl (C=O) groups excluding carboxylic acids is 2. The molecule has 1 saturated heterocycles. The normalized spacial score (nSPS) is 15.1. The second-order valence-electron chi connectivity index (χ2n) is 5.31. The van der Waals surface area contributed by atoms with Crippen molar-refractivity contribution in [2.45, 2.75) is 26.2 Å². The lowest BCUT2D eigenvalue weighted by Crippen LogP contribution is -2.50. The predicted octanol–water partition coefficient (Wildman–Crippen LogP) is 2.46. The summed E-state index contributed by atoms with van der Waals surface area (Å²) < 4.78 is 1.02. The lowest BCUT2D eigenvalue weighted by atomic mass is 10.1. The van der Waals surface area contributed by atoms with Gasteiger partial charge < -0.3 is 9.80 Å². The second kappa shape index (κ2) is 7.59. The molecule has 114 valence electrons. The van der Waals surface area contributed by atoms with Gasteiger partial charge in [-0.1, -0.05) is 35.0 Å². The third kappa shape index (κ3) is 4.56. The van der Waals surface area contributed by atoms with E-state index in [-0.39, 0.29) is 11.8 Å². The minimum atomic E-state index is 0.139. The Balaban J connectivity index is 1.83. The fourth-order valence-electron chi connectivity index (χ4n) is 2.47. The van der Waals surface area contributed by atoms with Crippen molar-refractivity contribution in [1.82, 2.24) is 9.80 Å². The van der Waals surface area contributed by atoms with Gasteiger partial charge in [0.25, 0.3) is 0 Å². The molecule has 1 aromatic carbocycles. The molecular formula is C16H21BrN2O2. The van der Waals surface area contributed by atoms with Crippen molar-refractivity contribution in [3.05, 3.63) is 34.3 Å². The van der Waals surface area contributed by atoms with Gasteiger partial charge in [-0.25, -0.2) is 0 Å². The number of piperazine rings is 1. The summed E-state index contributed by atoms with van der Waals surface area (Å²) in [7, 11) is 0. The monoisotopic (exact) mass is 352 g/mol. The number of hydrogen-bond donors (Lipinski definition) is 0. The molecule has 4 nitrogen and oxygen atoms in total. The largest absolute Gasteiger partial charge is 0.339 e. The van der Waals surface area contributed by atoms with Crippen LogP contribution in [0, 0.1) is 0 Å². The van der Waals surface area contributed by atoms with Crippen molar-refractivity contribution >= 4 is 27.7 Å². The molecule has 2 rings (SSSR count). The van der Waals surface area contributed by atoms with Gasteiger partial charge in [-0.05, 0) is 24.1 Å². The average molecular weight is 353 g/mol. The first kappa shape index (κ1) is 16.0. The average Bonchev–Trinajstić information content (AvgIpc) is 2.50. The summed E-state index contributed by atoms with van der Waals surface area (Å²) >= 11 is 3.39. The SMILES string of the molecule is CCCC(=O)N1CCN(C(=O)Cc2ccc(Br)cc2)CC1. The number of hydrogen-bond acceptors (Lipinski definition) is 2. The minimum Gasteiger partial charge on any atom is -0.339 e. The van der Waals surface area contributed by atoms with Crippen molar-refractivity contribution in [3.63, 3.8) is 0 Å². The molecule has 0 aliphatic carbocycles. The molecule has 0 atom stereocenters. The Bertz CT molecular complexity index is 494. The van der Waals surface area contributed by atoms with E-state index in [0.29, 0.717) is 39.0 Å². The molecule has 1 aliphatic heterocycles. The van der Waals surface area contributed by atoms with Crippen LogP contribution in [0.5, 0.6) is 0 Å². The molecule has 0 bridgehead atoms. The van der Waals surface area contributed by atoms with Crippen LogP contribution in [0.3, 0.4) is 0 Å². The minimum absolute atomic E-state index is 0.139. The number of rotatable bonds is 4. The van der Waals surface area contributed by atoms with Gasteiger partial charge in [0, 0.05) is 37.1 Å². The maximum absolute atomic E-state index is 12.3. The molecule has 0 unspecified atom stereocenters. The highest BCUT2D eigenvalue weighted by atomic mass is 79.9. The van der Waals surface area contributed by atoms with Gasteiger partial charge in [0.15, 0.2) is 0 Å². The van der Waals surface area contributed by atoms with Gasteiger partial charge in [0.1, 0.15) is 0 Å². The van der Waals surface area contributed by atoms with Crippen LogP contribution >= 0.6 is 15.9 Å². The Hall–Kier alpha value is -1.36. The maximum Gasteiger partial charge on any atom is 0.227 e. The number of carbonyl (C=O) groups is 2. The van der Waals surface area contributed by atoms with Gasteiger partial charge in [-0.2, -0.15) is 0 Å². The zero-order valence-corrected chi connectivity index (χ0v) is 13.9. The molecule has 1 aliphatic rings. The Labute approximate surface area is 134 Å². The van der Waals surface area contributed by atoms with Crippen LogP contribution in [0.15, 0.2) is 28.7 Å². The first-order valence-electron chi connectivity index (χ1n) is 7.40. The van der Waals surface area contributed by atoms with Crippen molar-refractivity contribution in [1.29, 1.82) is 0 Å². The van der Waals surface area contributed by atoms with Crippen LogP contribution < -0.4 is 0 Å². The summed E-state index contributed by atoms with van der Waals surface area (Å²) in [4.78, 5) is 27.8. The Morgan fingerprint density at radius 1 is 1.00 bits per heavy atom. The molecule has 21 heavy (non-hydrogen) atoms. The molecule has 5 heteroatoms. The third-order valence-electron chi connectivity index (χ3n) is 3.72. The summed E-state index contributed by atoms with van der Waals surface area (Å²) in [5, 5.41) is 0. The standard InChI is InChI=1S/C16H21BrN2O2/c1-2-3-15(20)18-8-10-19(11-9-18)16(21)12-13-4-6-14(17)7-5-13/h4-7H,2-3,8-12H2,1H3. The van der Waals surface area contributed by atoms with Crippen LogP contribution in [0.2, 0.25) is 0 Å². The van der Waals surface area contributed by atoms with Gasteiger partial charge in [0.2, 0.25) is 11.8 Å². The first-order chi connectivity index (χ1) is 10.1. The number of amides is 2. The molecule has 2 amide bonds. The summed E-state index contributed by atoms with van der Waals surface area (Å²) in [6.07, 6.45) is 1.91. The number of benzene rings is 1. The topological polar surface area (TPSA) is 40.6 Å². The lowest BCUT2D eigenvalue weighted by Gasteiger charge is -2.35. The van der Waals surface area contributed by atoms with Crippen molar-refractivity contribution in [2.75, 3.05) is 26.2 Å². The fraction of sp³-hybridized carbons (Fsp3) is 0.500.